The van der Waals surface area contributed by atoms with Crippen LogP contribution in [-0.4, -0.2) is 33.8 Å². The fraction of sp³-hybridized carbons (Fsp3) is 0.684. The second-order valence-electron chi connectivity index (χ2n) is 6.38. The number of rotatable bonds is 12. The van der Waals surface area contributed by atoms with Crippen molar-refractivity contribution in [2.24, 2.45) is 5.92 Å². The molecule has 0 aliphatic carbocycles. The standard InChI is InChI=1S/C19H32O4/c1-3-5-7-10-16(4-2)13-19(22,14-17(21)15-20)23-18-11-8-6-9-12-18/h6,8-9,11-12,16-17,20-22H,3-5,7,10,13-15H2,1-2H3. The molecule has 4 heteroatoms. The van der Waals surface area contributed by atoms with Crippen LogP contribution in [0, 0.1) is 5.92 Å². The van der Waals surface area contributed by atoms with Gasteiger partial charge in [0.25, 0.3) is 0 Å². The highest BCUT2D eigenvalue weighted by Crippen LogP contribution is 2.30. The van der Waals surface area contributed by atoms with Crippen LogP contribution in [0.2, 0.25) is 0 Å². The summed E-state index contributed by atoms with van der Waals surface area (Å²) in [5, 5.41) is 29.8. The molecular formula is C19H32O4. The molecule has 0 aliphatic heterocycles. The van der Waals surface area contributed by atoms with Gasteiger partial charge in [0.05, 0.1) is 12.7 Å². The van der Waals surface area contributed by atoms with Crippen LogP contribution in [0.5, 0.6) is 5.75 Å². The summed E-state index contributed by atoms with van der Waals surface area (Å²) in [5.41, 5.74) is 0. The molecule has 0 aromatic heterocycles. The molecule has 4 nitrogen and oxygen atoms in total. The summed E-state index contributed by atoms with van der Waals surface area (Å²) < 4.78 is 5.80. The van der Waals surface area contributed by atoms with Crippen molar-refractivity contribution in [3.05, 3.63) is 30.3 Å². The van der Waals surface area contributed by atoms with Gasteiger partial charge in [-0.15, -0.1) is 0 Å². The van der Waals surface area contributed by atoms with Crippen molar-refractivity contribution in [2.45, 2.75) is 70.7 Å². The first-order chi connectivity index (χ1) is 11.0. The Kier molecular flexibility index (Phi) is 9.22. The number of para-hydroxylation sites is 1. The topological polar surface area (TPSA) is 69.9 Å². The Bertz CT molecular complexity index is 409. The highest BCUT2D eigenvalue weighted by atomic mass is 16.6. The Morgan fingerprint density at radius 1 is 1.09 bits per heavy atom. The molecule has 0 spiro atoms. The highest BCUT2D eigenvalue weighted by Gasteiger charge is 2.34. The monoisotopic (exact) mass is 324 g/mol. The van der Waals surface area contributed by atoms with Crippen LogP contribution in [0.3, 0.4) is 0 Å². The van der Waals surface area contributed by atoms with Crippen molar-refractivity contribution in [1.82, 2.24) is 0 Å². The van der Waals surface area contributed by atoms with Gasteiger partial charge in [-0.3, -0.25) is 0 Å². The molecule has 0 saturated carbocycles. The summed E-state index contributed by atoms with van der Waals surface area (Å²) in [4.78, 5) is 0. The van der Waals surface area contributed by atoms with E-state index < -0.39 is 11.9 Å². The first-order valence-electron chi connectivity index (χ1n) is 8.78. The largest absolute Gasteiger partial charge is 0.462 e. The van der Waals surface area contributed by atoms with Gasteiger partial charge in [0.2, 0.25) is 5.79 Å². The van der Waals surface area contributed by atoms with Crippen LogP contribution in [-0.2, 0) is 0 Å². The van der Waals surface area contributed by atoms with E-state index in [1.165, 1.54) is 12.8 Å². The zero-order valence-electron chi connectivity index (χ0n) is 14.4. The van der Waals surface area contributed by atoms with E-state index in [9.17, 15) is 10.2 Å². The number of benzene rings is 1. The van der Waals surface area contributed by atoms with Gasteiger partial charge in [-0.2, -0.15) is 0 Å². The molecule has 3 unspecified atom stereocenters. The Morgan fingerprint density at radius 3 is 2.35 bits per heavy atom. The third kappa shape index (κ3) is 7.82. The zero-order chi connectivity index (χ0) is 17.1. The van der Waals surface area contributed by atoms with Gasteiger partial charge in [-0.25, -0.2) is 0 Å². The van der Waals surface area contributed by atoms with E-state index in [-0.39, 0.29) is 13.0 Å². The van der Waals surface area contributed by atoms with Gasteiger partial charge >= 0.3 is 0 Å². The van der Waals surface area contributed by atoms with Crippen molar-refractivity contribution >= 4 is 0 Å². The number of ether oxygens (including phenoxy) is 1. The number of aliphatic hydroxyl groups excluding tert-OH is 2. The predicted octanol–water partition coefficient (Wildman–Crippen LogP) is 3.49. The smallest absolute Gasteiger partial charge is 0.210 e. The second kappa shape index (κ2) is 10.6. The van der Waals surface area contributed by atoms with Gasteiger partial charge in [0.15, 0.2) is 0 Å². The molecule has 3 N–H and O–H groups in total. The molecule has 0 amide bonds. The van der Waals surface area contributed by atoms with Crippen LogP contribution in [0.25, 0.3) is 0 Å². The van der Waals surface area contributed by atoms with Crippen LogP contribution in [0.15, 0.2) is 30.3 Å². The van der Waals surface area contributed by atoms with Crippen LogP contribution in [0.1, 0.15) is 58.8 Å². The van der Waals surface area contributed by atoms with Gasteiger partial charge in [0, 0.05) is 12.8 Å². The van der Waals surface area contributed by atoms with E-state index in [1.807, 2.05) is 18.2 Å². The van der Waals surface area contributed by atoms with E-state index in [0.717, 1.165) is 19.3 Å². The first-order valence-corrected chi connectivity index (χ1v) is 8.78. The lowest BCUT2D eigenvalue weighted by atomic mass is 9.89. The Balaban J connectivity index is 2.76. The lowest BCUT2D eigenvalue weighted by Gasteiger charge is -2.33. The maximum absolute atomic E-state index is 10.9. The number of hydrogen-bond acceptors (Lipinski definition) is 4. The molecule has 0 fully saturated rings. The fourth-order valence-electron chi connectivity index (χ4n) is 2.89. The molecule has 0 aliphatic rings. The summed E-state index contributed by atoms with van der Waals surface area (Å²) >= 11 is 0. The summed E-state index contributed by atoms with van der Waals surface area (Å²) in [5.74, 6) is -0.555. The van der Waals surface area contributed by atoms with Crippen molar-refractivity contribution in [1.29, 1.82) is 0 Å². The average molecular weight is 324 g/mol. The first kappa shape index (κ1) is 19.9. The average Bonchev–Trinajstić information content (AvgIpc) is 2.54. The van der Waals surface area contributed by atoms with Crippen molar-refractivity contribution in [2.75, 3.05) is 6.61 Å². The molecule has 0 radical (unpaired) electrons. The van der Waals surface area contributed by atoms with Crippen LogP contribution < -0.4 is 4.74 Å². The normalized spacial score (nSPS) is 16.6. The summed E-state index contributed by atoms with van der Waals surface area (Å²) in [7, 11) is 0. The minimum Gasteiger partial charge on any atom is -0.462 e. The summed E-state index contributed by atoms with van der Waals surface area (Å²) in [6.45, 7) is 3.91. The third-order valence-electron chi connectivity index (χ3n) is 4.22. The maximum Gasteiger partial charge on any atom is 0.210 e. The zero-order valence-corrected chi connectivity index (χ0v) is 14.4. The molecule has 3 atom stereocenters. The number of unbranched alkanes of at least 4 members (excludes halogenated alkanes) is 2. The quantitative estimate of drug-likeness (QED) is 0.406. The summed E-state index contributed by atoms with van der Waals surface area (Å²) in [6.07, 6.45) is 4.97. The van der Waals surface area contributed by atoms with Gasteiger partial charge in [-0.05, 0) is 18.1 Å². The summed E-state index contributed by atoms with van der Waals surface area (Å²) in [6, 6.07) is 9.14. The third-order valence-corrected chi connectivity index (χ3v) is 4.22. The molecule has 1 aromatic carbocycles. The number of hydrogen-bond donors (Lipinski definition) is 3. The Morgan fingerprint density at radius 2 is 1.78 bits per heavy atom. The van der Waals surface area contributed by atoms with E-state index in [2.05, 4.69) is 13.8 Å². The van der Waals surface area contributed by atoms with E-state index >= 15 is 0 Å². The maximum atomic E-state index is 10.9. The van der Waals surface area contributed by atoms with Crippen molar-refractivity contribution in [3.63, 3.8) is 0 Å². The molecule has 1 rings (SSSR count). The molecule has 1 aromatic rings. The molecule has 0 saturated heterocycles. The molecule has 0 heterocycles. The minimum absolute atomic E-state index is 0.00265. The molecule has 0 bridgehead atoms. The van der Waals surface area contributed by atoms with Crippen molar-refractivity contribution < 1.29 is 20.1 Å². The van der Waals surface area contributed by atoms with Gasteiger partial charge < -0.3 is 20.1 Å². The second-order valence-corrected chi connectivity index (χ2v) is 6.38. The Labute approximate surface area is 140 Å². The minimum atomic E-state index is -1.46. The number of aliphatic hydroxyl groups is 3. The van der Waals surface area contributed by atoms with Crippen LogP contribution >= 0.6 is 0 Å². The van der Waals surface area contributed by atoms with E-state index in [0.29, 0.717) is 18.1 Å². The molecule has 23 heavy (non-hydrogen) atoms. The van der Waals surface area contributed by atoms with E-state index in [1.54, 1.807) is 12.1 Å². The van der Waals surface area contributed by atoms with Crippen LogP contribution in [0.4, 0.5) is 0 Å². The lowest BCUT2D eigenvalue weighted by molar-refractivity contribution is -0.175. The van der Waals surface area contributed by atoms with Gasteiger partial charge in [0.1, 0.15) is 5.75 Å². The Hall–Kier alpha value is -1.10. The molecular weight excluding hydrogens is 292 g/mol. The molecule has 132 valence electrons. The SMILES string of the molecule is CCCCCC(CC)CC(O)(CC(O)CO)Oc1ccccc1. The van der Waals surface area contributed by atoms with Crippen molar-refractivity contribution in [3.8, 4) is 5.75 Å². The predicted molar refractivity (Wildman–Crippen MR) is 92.3 cm³/mol. The van der Waals surface area contributed by atoms with Gasteiger partial charge in [-0.1, -0.05) is 64.2 Å². The fourth-order valence-corrected chi connectivity index (χ4v) is 2.89. The van der Waals surface area contributed by atoms with E-state index in [4.69, 9.17) is 9.84 Å². The highest BCUT2D eigenvalue weighted by molar-refractivity contribution is 5.21. The lowest BCUT2D eigenvalue weighted by Crippen LogP contribution is -2.42.